The van der Waals surface area contributed by atoms with E-state index in [-0.39, 0.29) is 5.91 Å². The second-order valence-electron chi connectivity index (χ2n) is 6.26. The van der Waals surface area contributed by atoms with E-state index in [0.717, 1.165) is 5.56 Å². The van der Waals surface area contributed by atoms with Crippen molar-refractivity contribution in [2.24, 2.45) is 0 Å². The average molecular weight is 450 g/mol. The molecule has 1 aliphatic heterocycles. The van der Waals surface area contributed by atoms with E-state index in [0.29, 0.717) is 32.6 Å². The van der Waals surface area contributed by atoms with Gasteiger partial charge in [-0.05, 0) is 35.4 Å². The normalized spacial score (nSPS) is 14.4. The summed E-state index contributed by atoms with van der Waals surface area (Å²) in [7, 11) is 0. The lowest BCUT2D eigenvalue weighted by Crippen LogP contribution is -2.16. The summed E-state index contributed by atoms with van der Waals surface area (Å²) in [5, 5.41) is 8.37. The van der Waals surface area contributed by atoms with Crippen LogP contribution in [0.1, 0.15) is 26.1 Å². The third-order valence-electron chi connectivity index (χ3n) is 4.36. The molecule has 1 amide bonds. The fourth-order valence-corrected chi connectivity index (χ4v) is 6.23. The zero-order valence-corrected chi connectivity index (χ0v) is 17.9. The third-order valence-corrected chi connectivity index (χ3v) is 8.05. The molecule has 1 saturated heterocycles. The van der Waals surface area contributed by atoms with Gasteiger partial charge >= 0.3 is 0 Å². The van der Waals surface area contributed by atoms with E-state index in [4.69, 9.17) is 23.2 Å². The molecule has 2 heterocycles. The molecule has 1 fully saturated rings. The van der Waals surface area contributed by atoms with Crippen LogP contribution >= 0.6 is 46.7 Å². The lowest BCUT2D eigenvalue weighted by molar-refractivity contribution is 0.102. The third kappa shape index (κ3) is 4.51. The Labute approximate surface area is 182 Å². The van der Waals surface area contributed by atoms with Gasteiger partial charge in [0.25, 0.3) is 5.91 Å². The SMILES string of the molecule is O=C(Nc1ccnn1Cc1ccc(Cl)cc1Cl)c1ccc(C2SCCS2)cc1. The summed E-state index contributed by atoms with van der Waals surface area (Å²) in [6, 6.07) is 14.9. The summed E-state index contributed by atoms with van der Waals surface area (Å²) in [4.78, 5) is 12.7. The molecule has 1 aliphatic rings. The Morgan fingerprint density at radius 1 is 1.11 bits per heavy atom. The van der Waals surface area contributed by atoms with Crippen molar-refractivity contribution in [3.8, 4) is 0 Å². The highest BCUT2D eigenvalue weighted by molar-refractivity contribution is 8.19. The van der Waals surface area contributed by atoms with Crippen LogP contribution in [-0.2, 0) is 6.54 Å². The van der Waals surface area contributed by atoms with E-state index in [1.165, 1.54) is 17.1 Å². The first-order valence-electron chi connectivity index (χ1n) is 8.70. The highest BCUT2D eigenvalue weighted by Gasteiger charge is 2.18. The van der Waals surface area contributed by atoms with Crippen LogP contribution in [0.25, 0.3) is 0 Å². The average Bonchev–Trinajstić information content (AvgIpc) is 3.37. The van der Waals surface area contributed by atoms with E-state index in [1.54, 1.807) is 29.1 Å². The molecule has 3 aromatic rings. The number of nitrogens with zero attached hydrogens (tertiary/aromatic N) is 2. The van der Waals surface area contributed by atoms with E-state index in [1.807, 2.05) is 53.9 Å². The van der Waals surface area contributed by atoms with Crippen LogP contribution in [-0.4, -0.2) is 27.2 Å². The number of rotatable bonds is 5. The number of carbonyl (C=O) groups is 1. The second kappa shape index (κ2) is 8.82. The topological polar surface area (TPSA) is 46.9 Å². The predicted octanol–water partition coefficient (Wildman–Crippen LogP) is 5.97. The molecule has 1 aromatic heterocycles. The van der Waals surface area contributed by atoms with Gasteiger partial charge in [-0.2, -0.15) is 5.10 Å². The highest BCUT2D eigenvalue weighted by atomic mass is 35.5. The smallest absolute Gasteiger partial charge is 0.256 e. The molecule has 4 nitrogen and oxygen atoms in total. The molecule has 0 atom stereocenters. The number of thioether (sulfide) groups is 2. The van der Waals surface area contributed by atoms with Crippen LogP contribution in [0.2, 0.25) is 10.0 Å². The summed E-state index contributed by atoms with van der Waals surface area (Å²) < 4.78 is 2.18. The molecule has 0 spiro atoms. The van der Waals surface area contributed by atoms with Gasteiger partial charge in [-0.1, -0.05) is 41.4 Å². The lowest BCUT2D eigenvalue weighted by atomic mass is 10.1. The molecule has 28 heavy (non-hydrogen) atoms. The molecule has 0 aliphatic carbocycles. The zero-order valence-electron chi connectivity index (χ0n) is 14.8. The van der Waals surface area contributed by atoms with Crippen LogP contribution in [0, 0.1) is 0 Å². The number of hydrogen-bond donors (Lipinski definition) is 1. The molecular formula is C20H17Cl2N3OS2. The Balaban J connectivity index is 1.46. The summed E-state index contributed by atoms with van der Waals surface area (Å²) in [5.41, 5.74) is 2.75. The molecule has 144 valence electrons. The quantitative estimate of drug-likeness (QED) is 0.520. The monoisotopic (exact) mass is 449 g/mol. The van der Waals surface area contributed by atoms with Crippen molar-refractivity contribution in [2.75, 3.05) is 16.8 Å². The molecule has 8 heteroatoms. The van der Waals surface area contributed by atoms with Gasteiger partial charge in [-0.25, -0.2) is 4.68 Å². The maximum Gasteiger partial charge on any atom is 0.256 e. The van der Waals surface area contributed by atoms with Gasteiger partial charge < -0.3 is 5.32 Å². The van der Waals surface area contributed by atoms with Crippen LogP contribution in [0.4, 0.5) is 5.82 Å². The van der Waals surface area contributed by atoms with E-state index in [9.17, 15) is 4.79 Å². The number of hydrogen-bond acceptors (Lipinski definition) is 4. The van der Waals surface area contributed by atoms with Crippen molar-refractivity contribution >= 4 is 58.5 Å². The van der Waals surface area contributed by atoms with Crippen LogP contribution in [0.5, 0.6) is 0 Å². The number of aromatic nitrogens is 2. The van der Waals surface area contributed by atoms with Crippen LogP contribution < -0.4 is 5.32 Å². The maximum absolute atomic E-state index is 12.7. The summed E-state index contributed by atoms with van der Waals surface area (Å²) in [6.07, 6.45) is 1.65. The van der Waals surface area contributed by atoms with Gasteiger partial charge in [0, 0.05) is 33.2 Å². The number of benzene rings is 2. The van der Waals surface area contributed by atoms with Crippen molar-refractivity contribution in [1.82, 2.24) is 9.78 Å². The van der Waals surface area contributed by atoms with E-state index >= 15 is 0 Å². The van der Waals surface area contributed by atoms with Gasteiger partial charge in [-0.15, -0.1) is 23.5 Å². The molecule has 0 radical (unpaired) electrons. The minimum atomic E-state index is -0.165. The molecule has 0 saturated carbocycles. The van der Waals surface area contributed by atoms with Gasteiger partial charge in [0.2, 0.25) is 0 Å². The summed E-state index contributed by atoms with van der Waals surface area (Å²) >= 11 is 16.1. The Kier molecular flexibility index (Phi) is 6.21. The number of anilines is 1. The minimum Gasteiger partial charge on any atom is -0.307 e. The van der Waals surface area contributed by atoms with Gasteiger partial charge in [0.1, 0.15) is 5.82 Å². The first-order chi connectivity index (χ1) is 13.6. The molecule has 2 aromatic carbocycles. The van der Waals surface area contributed by atoms with E-state index in [2.05, 4.69) is 10.4 Å². The van der Waals surface area contributed by atoms with Crippen LogP contribution in [0.3, 0.4) is 0 Å². The molecule has 0 bridgehead atoms. The Morgan fingerprint density at radius 3 is 2.57 bits per heavy atom. The predicted molar refractivity (Wildman–Crippen MR) is 120 cm³/mol. The Hall–Kier alpha value is -1.60. The summed E-state index contributed by atoms with van der Waals surface area (Å²) in [5.74, 6) is 2.81. The minimum absolute atomic E-state index is 0.165. The maximum atomic E-state index is 12.7. The van der Waals surface area contributed by atoms with Crippen molar-refractivity contribution in [3.05, 3.63) is 81.5 Å². The van der Waals surface area contributed by atoms with Crippen molar-refractivity contribution < 1.29 is 4.79 Å². The number of nitrogens with one attached hydrogen (secondary N) is 1. The second-order valence-corrected chi connectivity index (χ2v) is 9.83. The number of amides is 1. The first-order valence-corrected chi connectivity index (χ1v) is 11.6. The Morgan fingerprint density at radius 2 is 1.86 bits per heavy atom. The lowest BCUT2D eigenvalue weighted by Gasteiger charge is -2.12. The fourth-order valence-electron chi connectivity index (χ4n) is 2.91. The van der Waals surface area contributed by atoms with Crippen molar-refractivity contribution in [3.63, 3.8) is 0 Å². The van der Waals surface area contributed by atoms with Crippen LogP contribution in [0.15, 0.2) is 54.7 Å². The Bertz CT molecular complexity index is 985. The number of halogens is 2. The molecular weight excluding hydrogens is 433 g/mol. The van der Waals surface area contributed by atoms with E-state index < -0.39 is 0 Å². The zero-order chi connectivity index (χ0) is 19.5. The first kappa shape index (κ1) is 19.7. The molecule has 0 unspecified atom stereocenters. The van der Waals surface area contributed by atoms with Gasteiger partial charge in [0.15, 0.2) is 0 Å². The molecule has 1 N–H and O–H groups in total. The van der Waals surface area contributed by atoms with Crippen molar-refractivity contribution in [2.45, 2.75) is 11.1 Å². The standard InChI is InChI=1S/C20H17Cl2N3OS2/c21-16-6-5-15(17(22)11-16)12-25-18(7-8-23-25)24-19(26)13-1-3-14(4-2-13)20-27-9-10-28-20/h1-8,11,20H,9-10,12H2,(H,24,26). The van der Waals surface area contributed by atoms with Gasteiger partial charge in [0.05, 0.1) is 17.3 Å². The summed E-state index contributed by atoms with van der Waals surface area (Å²) in [6.45, 7) is 0.438. The highest BCUT2D eigenvalue weighted by Crippen LogP contribution is 2.45. The fraction of sp³-hybridized carbons (Fsp3) is 0.200. The largest absolute Gasteiger partial charge is 0.307 e. The van der Waals surface area contributed by atoms with Crippen molar-refractivity contribution in [1.29, 1.82) is 0 Å². The van der Waals surface area contributed by atoms with Gasteiger partial charge in [-0.3, -0.25) is 4.79 Å². The molecule has 4 rings (SSSR count). The number of carbonyl (C=O) groups excluding carboxylic acids is 1.